The van der Waals surface area contributed by atoms with Gasteiger partial charge in [-0.15, -0.1) is 11.3 Å². The summed E-state index contributed by atoms with van der Waals surface area (Å²) >= 11 is 18.2. The second-order valence-corrected chi connectivity index (χ2v) is 7.04. The van der Waals surface area contributed by atoms with Crippen LogP contribution in [0.2, 0.25) is 0 Å². The zero-order valence-corrected chi connectivity index (χ0v) is 13.8. The van der Waals surface area contributed by atoms with Gasteiger partial charge in [0.1, 0.15) is 5.69 Å². The number of methoxy groups -OCH3 is 1. The SMILES string of the molecule is COC(=O)c1cc(C(=O)C(Cl)(Cl)Cl)cn1Cc1cscn1. The van der Waals surface area contributed by atoms with E-state index < -0.39 is 15.5 Å². The summed E-state index contributed by atoms with van der Waals surface area (Å²) in [5, 5.41) is 1.83. The molecule has 5 nitrogen and oxygen atoms in total. The minimum Gasteiger partial charge on any atom is -0.464 e. The van der Waals surface area contributed by atoms with Crippen molar-refractivity contribution in [2.75, 3.05) is 7.11 Å². The molecule has 0 spiro atoms. The number of rotatable bonds is 4. The molecule has 0 N–H and O–H groups in total. The molecule has 9 heteroatoms. The maximum absolute atomic E-state index is 12.0. The summed E-state index contributed by atoms with van der Waals surface area (Å²) in [5.74, 6) is -1.30. The van der Waals surface area contributed by atoms with Gasteiger partial charge in [-0.3, -0.25) is 4.79 Å². The average Bonchev–Trinajstić information content (AvgIpc) is 3.06. The minimum absolute atomic E-state index is 0.116. The fourth-order valence-electron chi connectivity index (χ4n) is 1.69. The van der Waals surface area contributed by atoms with Crippen LogP contribution in [-0.4, -0.2) is 32.2 Å². The van der Waals surface area contributed by atoms with Crippen LogP contribution in [0.1, 0.15) is 26.5 Å². The molecule has 0 aromatic carbocycles. The highest BCUT2D eigenvalue weighted by atomic mass is 35.6. The number of ketones is 1. The summed E-state index contributed by atoms with van der Waals surface area (Å²) in [6, 6.07) is 1.34. The van der Waals surface area contributed by atoms with Gasteiger partial charge in [-0.1, -0.05) is 34.8 Å². The highest BCUT2D eigenvalue weighted by Crippen LogP contribution is 2.31. The summed E-state index contributed by atoms with van der Waals surface area (Å²) in [6.45, 7) is 0.307. The molecule has 2 aromatic heterocycles. The molecule has 112 valence electrons. The summed E-state index contributed by atoms with van der Waals surface area (Å²) in [6.07, 6.45) is 1.44. The molecular formula is C12H9Cl3N2O3S. The van der Waals surface area contributed by atoms with E-state index in [9.17, 15) is 9.59 Å². The van der Waals surface area contributed by atoms with Crippen LogP contribution in [0, 0.1) is 0 Å². The van der Waals surface area contributed by atoms with Crippen LogP contribution in [0.3, 0.4) is 0 Å². The number of esters is 1. The molecule has 0 atom stereocenters. The average molecular weight is 368 g/mol. The fourth-order valence-corrected chi connectivity index (χ4v) is 2.57. The monoisotopic (exact) mass is 366 g/mol. The molecule has 0 saturated heterocycles. The molecule has 0 unspecified atom stereocenters. The van der Waals surface area contributed by atoms with Gasteiger partial charge in [0.2, 0.25) is 5.78 Å². The third-order valence-electron chi connectivity index (χ3n) is 2.63. The number of Topliss-reactive ketones (excluding diaryl/α,β-unsaturated/α-hetero) is 1. The molecule has 0 fully saturated rings. The van der Waals surface area contributed by atoms with E-state index in [1.54, 1.807) is 5.51 Å². The predicted molar refractivity (Wildman–Crippen MR) is 81.6 cm³/mol. The van der Waals surface area contributed by atoms with Gasteiger partial charge in [0, 0.05) is 17.1 Å². The highest BCUT2D eigenvalue weighted by Gasteiger charge is 2.33. The number of ether oxygens (including phenoxy) is 1. The Kier molecular flexibility index (Phi) is 4.93. The predicted octanol–water partition coefficient (Wildman–Crippen LogP) is 3.33. The fraction of sp³-hybridized carbons (Fsp3) is 0.250. The van der Waals surface area contributed by atoms with E-state index in [1.165, 1.54) is 35.3 Å². The van der Waals surface area contributed by atoms with Crippen LogP contribution in [0.15, 0.2) is 23.2 Å². The molecule has 0 radical (unpaired) electrons. The van der Waals surface area contributed by atoms with Gasteiger partial charge < -0.3 is 9.30 Å². The van der Waals surface area contributed by atoms with Gasteiger partial charge in [0.25, 0.3) is 3.79 Å². The van der Waals surface area contributed by atoms with E-state index in [-0.39, 0.29) is 11.3 Å². The van der Waals surface area contributed by atoms with Crippen LogP contribution in [0.25, 0.3) is 0 Å². The number of thiazole rings is 1. The Labute approximate surface area is 139 Å². The Morgan fingerprint density at radius 2 is 2.14 bits per heavy atom. The van der Waals surface area contributed by atoms with E-state index in [2.05, 4.69) is 9.72 Å². The first-order valence-electron chi connectivity index (χ1n) is 5.60. The van der Waals surface area contributed by atoms with Crippen LogP contribution >= 0.6 is 46.1 Å². The quantitative estimate of drug-likeness (QED) is 0.472. The van der Waals surface area contributed by atoms with Crippen LogP contribution in [0.4, 0.5) is 0 Å². The first-order chi connectivity index (χ1) is 9.82. The van der Waals surface area contributed by atoms with E-state index in [0.717, 1.165) is 5.69 Å². The van der Waals surface area contributed by atoms with Gasteiger partial charge in [0.15, 0.2) is 0 Å². The van der Waals surface area contributed by atoms with Gasteiger partial charge in [-0.05, 0) is 6.07 Å². The molecule has 0 aliphatic rings. The van der Waals surface area contributed by atoms with Crippen molar-refractivity contribution in [2.45, 2.75) is 10.3 Å². The van der Waals surface area contributed by atoms with E-state index >= 15 is 0 Å². The Morgan fingerprint density at radius 3 is 2.67 bits per heavy atom. The summed E-state index contributed by atoms with van der Waals surface area (Å²) in [7, 11) is 1.25. The first kappa shape index (κ1) is 16.3. The van der Waals surface area contributed by atoms with Crippen molar-refractivity contribution >= 4 is 57.9 Å². The standard InChI is InChI=1S/C12H9Cl3N2O3S/c1-20-11(19)9-2-7(10(18)12(13,14)15)3-17(9)4-8-5-21-6-16-8/h2-3,5-6H,4H2,1H3. The topological polar surface area (TPSA) is 61.2 Å². The lowest BCUT2D eigenvalue weighted by Gasteiger charge is -2.07. The molecule has 2 rings (SSSR count). The van der Waals surface area contributed by atoms with E-state index in [4.69, 9.17) is 34.8 Å². The normalized spacial score (nSPS) is 11.4. The van der Waals surface area contributed by atoms with Crippen molar-refractivity contribution in [3.05, 3.63) is 40.1 Å². The molecule has 21 heavy (non-hydrogen) atoms. The Morgan fingerprint density at radius 1 is 1.43 bits per heavy atom. The lowest BCUT2D eigenvalue weighted by molar-refractivity contribution is 0.0589. The van der Waals surface area contributed by atoms with Crippen molar-refractivity contribution in [2.24, 2.45) is 0 Å². The van der Waals surface area contributed by atoms with Crippen LogP contribution < -0.4 is 0 Å². The lowest BCUT2D eigenvalue weighted by atomic mass is 10.2. The number of carbonyl (C=O) groups is 2. The number of alkyl halides is 3. The highest BCUT2D eigenvalue weighted by molar-refractivity contribution is 7.07. The maximum atomic E-state index is 12.0. The Hall–Kier alpha value is -1.08. The van der Waals surface area contributed by atoms with Gasteiger partial charge in [0.05, 0.1) is 24.9 Å². The molecular weight excluding hydrogens is 359 g/mol. The Bertz CT molecular complexity index is 662. The second kappa shape index (κ2) is 6.36. The maximum Gasteiger partial charge on any atom is 0.354 e. The largest absolute Gasteiger partial charge is 0.464 e. The van der Waals surface area contributed by atoms with Gasteiger partial charge in [-0.2, -0.15) is 0 Å². The summed E-state index contributed by atoms with van der Waals surface area (Å²) in [5.41, 5.74) is 2.71. The van der Waals surface area contributed by atoms with Crippen molar-refractivity contribution in [3.63, 3.8) is 0 Å². The number of aromatic nitrogens is 2. The molecule has 0 bridgehead atoms. The van der Waals surface area contributed by atoms with Gasteiger partial charge >= 0.3 is 5.97 Å². The number of carbonyl (C=O) groups excluding carboxylic acids is 2. The first-order valence-corrected chi connectivity index (χ1v) is 7.67. The molecule has 2 heterocycles. The van der Waals surface area contributed by atoms with Crippen molar-refractivity contribution in [3.8, 4) is 0 Å². The Balaban J connectivity index is 2.40. The smallest absolute Gasteiger partial charge is 0.354 e. The molecule has 0 saturated carbocycles. The molecule has 0 aliphatic heterocycles. The number of hydrogen-bond donors (Lipinski definition) is 0. The van der Waals surface area contributed by atoms with E-state index in [0.29, 0.717) is 6.54 Å². The van der Waals surface area contributed by atoms with Crippen molar-refractivity contribution in [1.82, 2.24) is 9.55 Å². The zero-order chi connectivity index (χ0) is 15.6. The van der Waals surface area contributed by atoms with Crippen LogP contribution in [-0.2, 0) is 11.3 Å². The third-order valence-corrected chi connectivity index (χ3v) is 3.78. The lowest BCUT2D eigenvalue weighted by Crippen LogP contribution is -2.18. The third kappa shape index (κ3) is 3.77. The molecule has 2 aromatic rings. The summed E-state index contributed by atoms with van der Waals surface area (Å²) in [4.78, 5) is 27.9. The molecule has 0 amide bonds. The number of hydrogen-bond acceptors (Lipinski definition) is 5. The summed E-state index contributed by atoms with van der Waals surface area (Å²) < 4.78 is 4.14. The number of halogens is 3. The number of nitrogens with zero attached hydrogens (tertiary/aromatic N) is 2. The minimum atomic E-state index is -2.08. The van der Waals surface area contributed by atoms with Crippen LogP contribution in [0.5, 0.6) is 0 Å². The van der Waals surface area contributed by atoms with Crippen molar-refractivity contribution < 1.29 is 14.3 Å². The molecule has 0 aliphatic carbocycles. The van der Waals surface area contributed by atoms with Gasteiger partial charge in [-0.25, -0.2) is 9.78 Å². The van der Waals surface area contributed by atoms with E-state index in [1.807, 2.05) is 5.38 Å². The van der Waals surface area contributed by atoms with Crippen molar-refractivity contribution in [1.29, 1.82) is 0 Å². The zero-order valence-electron chi connectivity index (χ0n) is 10.7. The second-order valence-electron chi connectivity index (χ2n) is 4.04.